The summed E-state index contributed by atoms with van der Waals surface area (Å²) < 4.78 is 26.1. The van der Waals surface area contributed by atoms with Crippen LogP contribution in [0.5, 0.6) is 0 Å². The minimum atomic E-state index is -0.567. The highest BCUT2D eigenvalue weighted by Crippen LogP contribution is 2.20. The summed E-state index contributed by atoms with van der Waals surface area (Å²) >= 11 is 0. The largest absolute Gasteiger partial charge is 0.275 e. The van der Waals surface area contributed by atoms with Gasteiger partial charge in [0.2, 0.25) is 0 Å². The third-order valence-corrected chi connectivity index (χ3v) is 1.86. The highest BCUT2D eigenvalue weighted by molar-refractivity contribution is 5.79. The van der Waals surface area contributed by atoms with Crippen molar-refractivity contribution >= 4 is 10.9 Å². The zero-order valence-electron chi connectivity index (χ0n) is 6.36. The summed E-state index contributed by atoms with van der Waals surface area (Å²) in [4.78, 5) is 0. The Bertz CT molecular complexity index is 434. The summed E-state index contributed by atoms with van der Waals surface area (Å²) in [6.45, 7) is 1.39. The summed E-state index contributed by atoms with van der Waals surface area (Å²) in [5, 5.41) is 6.53. The number of H-pyrrole nitrogens is 1. The number of aromatic amines is 1. The Balaban J connectivity index is 2.94. The van der Waals surface area contributed by atoms with Crippen LogP contribution in [0.15, 0.2) is 12.3 Å². The van der Waals surface area contributed by atoms with Gasteiger partial charge in [0, 0.05) is 10.9 Å². The molecule has 0 fully saturated rings. The minimum Gasteiger partial charge on any atom is -0.275 e. The van der Waals surface area contributed by atoms with Gasteiger partial charge in [-0.25, -0.2) is 8.78 Å². The number of hydrogen-bond donors (Lipinski definition) is 1. The smallest absolute Gasteiger partial charge is 0.154 e. The normalized spacial score (nSPS) is 10.9. The molecule has 0 aliphatic rings. The molecule has 0 saturated heterocycles. The molecule has 4 heteroatoms. The molecular weight excluding hydrogens is 162 g/mol. The number of rotatable bonds is 0. The fourth-order valence-corrected chi connectivity index (χ4v) is 1.12. The molecule has 1 aromatic heterocycles. The van der Waals surface area contributed by atoms with Gasteiger partial charge in [0.25, 0.3) is 0 Å². The maximum Gasteiger partial charge on any atom is 0.154 e. The molecule has 1 aromatic carbocycles. The molecule has 2 nitrogen and oxygen atoms in total. The number of fused-ring (bicyclic) bond motifs is 1. The summed E-state index contributed by atoms with van der Waals surface area (Å²) in [5.74, 6) is -1.11. The van der Waals surface area contributed by atoms with E-state index >= 15 is 0 Å². The Morgan fingerprint density at radius 2 is 2.17 bits per heavy atom. The SMILES string of the molecule is Cc1c(F)cc2cn[nH]c2c1F. The molecule has 0 spiro atoms. The van der Waals surface area contributed by atoms with Crippen molar-refractivity contribution in [3.63, 3.8) is 0 Å². The van der Waals surface area contributed by atoms with Crippen molar-refractivity contribution < 1.29 is 8.78 Å². The minimum absolute atomic E-state index is 0.0201. The van der Waals surface area contributed by atoms with E-state index in [0.29, 0.717) is 5.39 Å². The molecule has 62 valence electrons. The summed E-state index contributed by atoms with van der Waals surface area (Å²) in [6, 6.07) is 1.26. The first-order valence-electron chi connectivity index (χ1n) is 3.48. The lowest BCUT2D eigenvalue weighted by molar-refractivity contribution is 0.575. The van der Waals surface area contributed by atoms with Gasteiger partial charge in [-0.1, -0.05) is 0 Å². The van der Waals surface area contributed by atoms with E-state index < -0.39 is 11.6 Å². The number of benzene rings is 1. The summed E-state index contributed by atoms with van der Waals surface area (Å²) in [7, 11) is 0. The number of halogens is 2. The Morgan fingerprint density at radius 3 is 2.92 bits per heavy atom. The molecule has 0 saturated carbocycles. The van der Waals surface area contributed by atoms with Crippen molar-refractivity contribution in [2.75, 3.05) is 0 Å². The quantitative estimate of drug-likeness (QED) is 0.641. The Morgan fingerprint density at radius 1 is 1.42 bits per heavy atom. The zero-order chi connectivity index (χ0) is 8.72. The first kappa shape index (κ1) is 7.21. The average molecular weight is 168 g/mol. The van der Waals surface area contributed by atoms with Gasteiger partial charge in [-0.05, 0) is 13.0 Å². The molecule has 0 atom stereocenters. The van der Waals surface area contributed by atoms with Crippen LogP contribution in [0.3, 0.4) is 0 Å². The van der Waals surface area contributed by atoms with Crippen LogP contribution >= 0.6 is 0 Å². The molecule has 2 rings (SSSR count). The van der Waals surface area contributed by atoms with Crippen LogP contribution in [0.2, 0.25) is 0 Å². The lowest BCUT2D eigenvalue weighted by Crippen LogP contribution is -1.89. The standard InChI is InChI=1S/C8H6F2N2/c1-4-6(9)2-5-3-11-12-8(5)7(4)10/h2-3H,1H3,(H,11,12). The first-order chi connectivity index (χ1) is 5.70. The van der Waals surface area contributed by atoms with Gasteiger partial charge in [0.15, 0.2) is 5.82 Å². The van der Waals surface area contributed by atoms with Crippen molar-refractivity contribution in [2.45, 2.75) is 6.92 Å². The van der Waals surface area contributed by atoms with Crippen LogP contribution in [0.4, 0.5) is 8.78 Å². The predicted octanol–water partition coefficient (Wildman–Crippen LogP) is 2.15. The Hall–Kier alpha value is -1.45. The molecule has 0 amide bonds. The maximum absolute atomic E-state index is 13.2. The van der Waals surface area contributed by atoms with E-state index in [9.17, 15) is 8.78 Å². The second-order valence-electron chi connectivity index (χ2n) is 2.63. The highest BCUT2D eigenvalue weighted by atomic mass is 19.1. The molecule has 0 unspecified atom stereocenters. The van der Waals surface area contributed by atoms with Gasteiger partial charge < -0.3 is 0 Å². The van der Waals surface area contributed by atoms with Crippen molar-refractivity contribution in [3.8, 4) is 0 Å². The van der Waals surface area contributed by atoms with Gasteiger partial charge in [0.05, 0.1) is 6.20 Å². The third kappa shape index (κ3) is 0.809. The van der Waals surface area contributed by atoms with Crippen LogP contribution in [0.1, 0.15) is 5.56 Å². The molecule has 0 bridgehead atoms. The number of nitrogens with zero attached hydrogens (tertiary/aromatic N) is 1. The molecule has 1 N–H and O–H groups in total. The first-order valence-corrected chi connectivity index (χ1v) is 3.48. The van der Waals surface area contributed by atoms with Crippen molar-refractivity contribution in [1.82, 2.24) is 10.2 Å². The third-order valence-electron chi connectivity index (χ3n) is 1.86. The van der Waals surface area contributed by atoms with Gasteiger partial charge in [-0.15, -0.1) is 0 Å². The number of nitrogens with one attached hydrogen (secondary N) is 1. The van der Waals surface area contributed by atoms with Crippen LogP contribution in [-0.4, -0.2) is 10.2 Å². The molecule has 0 radical (unpaired) electrons. The number of aromatic nitrogens is 2. The predicted molar refractivity (Wildman–Crippen MR) is 40.7 cm³/mol. The van der Waals surface area contributed by atoms with Crippen molar-refractivity contribution in [1.29, 1.82) is 0 Å². The second kappa shape index (κ2) is 2.27. The second-order valence-corrected chi connectivity index (χ2v) is 2.63. The van der Waals surface area contributed by atoms with Gasteiger partial charge >= 0.3 is 0 Å². The molecular formula is C8H6F2N2. The van der Waals surface area contributed by atoms with E-state index in [4.69, 9.17) is 0 Å². The number of hydrogen-bond acceptors (Lipinski definition) is 1. The van der Waals surface area contributed by atoms with E-state index in [1.54, 1.807) is 0 Å². The maximum atomic E-state index is 13.2. The van der Waals surface area contributed by atoms with E-state index in [-0.39, 0.29) is 11.1 Å². The van der Waals surface area contributed by atoms with Crippen molar-refractivity contribution in [3.05, 3.63) is 29.5 Å². The topological polar surface area (TPSA) is 28.7 Å². The average Bonchev–Trinajstić information content (AvgIpc) is 2.48. The monoisotopic (exact) mass is 168 g/mol. The Kier molecular flexibility index (Phi) is 1.36. The van der Waals surface area contributed by atoms with Crippen LogP contribution in [0, 0.1) is 18.6 Å². The molecule has 12 heavy (non-hydrogen) atoms. The van der Waals surface area contributed by atoms with Gasteiger partial charge in [-0.2, -0.15) is 5.10 Å². The van der Waals surface area contributed by atoms with E-state index in [1.165, 1.54) is 19.2 Å². The molecule has 0 aliphatic carbocycles. The van der Waals surface area contributed by atoms with Gasteiger partial charge in [-0.3, -0.25) is 5.10 Å². The van der Waals surface area contributed by atoms with Crippen LogP contribution in [0.25, 0.3) is 10.9 Å². The molecule has 2 aromatic rings. The van der Waals surface area contributed by atoms with Crippen LogP contribution < -0.4 is 0 Å². The van der Waals surface area contributed by atoms with E-state index in [1.807, 2.05) is 0 Å². The lowest BCUT2D eigenvalue weighted by Gasteiger charge is -1.98. The van der Waals surface area contributed by atoms with Gasteiger partial charge in [0.1, 0.15) is 11.3 Å². The van der Waals surface area contributed by atoms with Crippen molar-refractivity contribution in [2.24, 2.45) is 0 Å². The Labute approximate surface area is 67.2 Å². The van der Waals surface area contributed by atoms with E-state index in [2.05, 4.69) is 10.2 Å². The molecule has 1 heterocycles. The molecule has 0 aliphatic heterocycles. The zero-order valence-corrected chi connectivity index (χ0v) is 6.36. The fourth-order valence-electron chi connectivity index (χ4n) is 1.12. The summed E-state index contributed by atoms with van der Waals surface area (Å²) in [5.41, 5.74) is 0.278. The van der Waals surface area contributed by atoms with Crippen LogP contribution in [-0.2, 0) is 0 Å². The lowest BCUT2D eigenvalue weighted by atomic mass is 10.1. The van der Waals surface area contributed by atoms with E-state index in [0.717, 1.165) is 0 Å². The highest BCUT2D eigenvalue weighted by Gasteiger charge is 2.10. The summed E-state index contributed by atoms with van der Waals surface area (Å²) in [6.07, 6.45) is 1.39. The fraction of sp³-hybridized carbons (Fsp3) is 0.125.